The van der Waals surface area contributed by atoms with Gasteiger partial charge in [-0.2, -0.15) is 0 Å². The summed E-state index contributed by atoms with van der Waals surface area (Å²) in [5, 5.41) is 4.48. The largest absolute Gasteiger partial charge is 0.494 e. The number of hydrogen-bond acceptors (Lipinski definition) is 3. The lowest BCUT2D eigenvalue weighted by Crippen LogP contribution is -2.04. The minimum absolute atomic E-state index is 0.439. The van der Waals surface area contributed by atoms with Crippen molar-refractivity contribution in [2.24, 2.45) is 0 Å². The second-order valence-corrected chi connectivity index (χ2v) is 5.42. The molecule has 0 aliphatic heterocycles. The van der Waals surface area contributed by atoms with Gasteiger partial charge in [-0.1, -0.05) is 20.8 Å². The van der Waals surface area contributed by atoms with Crippen LogP contribution in [0, 0.1) is 6.92 Å². The number of nitrogens with zero attached hydrogens (tertiary/aromatic N) is 1. The van der Waals surface area contributed by atoms with Gasteiger partial charge in [-0.25, -0.2) is 0 Å². The van der Waals surface area contributed by atoms with E-state index in [1.165, 1.54) is 11.3 Å². The molecule has 0 aliphatic carbocycles. The number of aryl methyl sites for hydroxylation is 1. The summed E-state index contributed by atoms with van der Waals surface area (Å²) in [5.41, 5.74) is 4.57. The molecule has 0 fully saturated rings. The number of ether oxygens (including phenoxy) is 1. The molecule has 1 aromatic carbocycles. The normalized spacial score (nSPS) is 11.1. The van der Waals surface area contributed by atoms with Gasteiger partial charge in [0.2, 0.25) is 0 Å². The number of pyridine rings is 1. The molecule has 0 saturated carbocycles. The number of hydrogen-bond donors (Lipinski definition) is 1. The van der Waals surface area contributed by atoms with E-state index in [0.29, 0.717) is 5.92 Å². The standard InChI is InChI=1S/C17H24N2O/c1-6-9-20-13-7-8-15-14(10-13)17(18-5)16(11(2)3)12(4)19-15/h7-8,10-11H,6,9H2,1-5H3,(H,18,19). The molecular formula is C17H24N2O. The molecule has 0 unspecified atom stereocenters. The van der Waals surface area contributed by atoms with Crippen LogP contribution in [0.15, 0.2) is 18.2 Å². The molecule has 0 spiro atoms. The molecule has 2 aromatic rings. The predicted octanol–water partition coefficient (Wildman–Crippen LogP) is 4.50. The first-order chi connectivity index (χ1) is 9.58. The van der Waals surface area contributed by atoms with Gasteiger partial charge in [-0.3, -0.25) is 4.98 Å². The molecule has 0 radical (unpaired) electrons. The van der Waals surface area contributed by atoms with Crippen molar-refractivity contribution in [3.05, 3.63) is 29.5 Å². The highest BCUT2D eigenvalue weighted by molar-refractivity contribution is 5.94. The van der Waals surface area contributed by atoms with Gasteiger partial charge in [0.15, 0.2) is 0 Å². The molecule has 2 rings (SSSR count). The smallest absolute Gasteiger partial charge is 0.120 e. The Hall–Kier alpha value is -1.77. The maximum Gasteiger partial charge on any atom is 0.120 e. The third-order valence-corrected chi connectivity index (χ3v) is 3.48. The molecule has 3 heteroatoms. The van der Waals surface area contributed by atoms with Gasteiger partial charge in [0.05, 0.1) is 12.1 Å². The van der Waals surface area contributed by atoms with E-state index in [1.807, 2.05) is 19.2 Å². The molecule has 20 heavy (non-hydrogen) atoms. The summed E-state index contributed by atoms with van der Waals surface area (Å²) >= 11 is 0. The van der Waals surface area contributed by atoms with Gasteiger partial charge in [0.1, 0.15) is 5.75 Å². The average molecular weight is 272 g/mol. The van der Waals surface area contributed by atoms with E-state index in [0.717, 1.165) is 35.4 Å². The van der Waals surface area contributed by atoms with Crippen LogP contribution in [0.2, 0.25) is 0 Å². The van der Waals surface area contributed by atoms with Crippen molar-refractivity contribution in [3.63, 3.8) is 0 Å². The van der Waals surface area contributed by atoms with Crippen molar-refractivity contribution in [2.75, 3.05) is 19.0 Å². The van der Waals surface area contributed by atoms with E-state index < -0.39 is 0 Å². The number of rotatable bonds is 5. The molecule has 0 bridgehead atoms. The van der Waals surface area contributed by atoms with Crippen LogP contribution >= 0.6 is 0 Å². The van der Waals surface area contributed by atoms with Crippen LogP contribution in [-0.2, 0) is 0 Å². The van der Waals surface area contributed by atoms with Gasteiger partial charge in [-0.05, 0) is 43.0 Å². The first kappa shape index (κ1) is 14.6. The first-order valence-electron chi connectivity index (χ1n) is 7.33. The highest BCUT2D eigenvalue weighted by atomic mass is 16.5. The summed E-state index contributed by atoms with van der Waals surface area (Å²) in [5.74, 6) is 1.35. The SMILES string of the molecule is CCCOc1ccc2nc(C)c(C(C)C)c(NC)c2c1. The molecule has 1 aromatic heterocycles. The monoisotopic (exact) mass is 272 g/mol. The lowest BCUT2D eigenvalue weighted by Gasteiger charge is -2.18. The van der Waals surface area contributed by atoms with E-state index in [9.17, 15) is 0 Å². The van der Waals surface area contributed by atoms with Crippen molar-refractivity contribution >= 4 is 16.6 Å². The fraction of sp³-hybridized carbons (Fsp3) is 0.471. The van der Waals surface area contributed by atoms with Crippen molar-refractivity contribution in [3.8, 4) is 5.75 Å². The van der Waals surface area contributed by atoms with Crippen LogP contribution < -0.4 is 10.1 Å². The second kappa shape index (κ2) is 6.12. The van der Waals surface area contributed by atoms with E-state index >= 15 is 0 Å². The van der Waals surface area contributed by atoms with Gasteiger partial charge in [-0.15, -0.1) is 0 Å². The van der Waals surface area contributed by atoms with Crippen LogP contribution in [0.5, 0.6) is 5.75 Å². The minimum atomic E-state index is 0.439. The predicted molar refractivity (Wildman–Crippen MR) is 85.9 cm³/mol. The molecule has 108 valence electrons. The van der Waals surface area contributed by atoms with Crippen LogP contribution in [0.1, 0.15) is 44.4 Å². The summed E-state index contributed by atoms with van der Waals surface area (Å²) in [7, 11) is 1.97. The Morgan fingerprint density at radius 3 is 2.65 bits per heavy atom. The summed E-state index contributed by atoms with van der Waals surface area (Å²) in [6.07, 6.45) is 1.01. The molecule has 0 amide bonds. The highest BCUT2D eigenvalue weighted by Crippen LogP contribution is 2.34. The maximum absolute atomic E-state index is 5.74. The van der Waals surface area contributed by atoms with E-state index in [4.69, 9.17) is 9.72 Å². The fourth-order valence-electron chi connectivity index (χ4n) is 2.67. The zero-order chi connectivity index (χ0) is 14.7. The van der Waals surface area contributed by atoms with E-state index in [-0.39, 0.29) is 0 Å². The first-order valence-corrected chi connectivity index (χ1v) is 7.33. The summed E-state index contributed by atoms with van der Waals surface area (Å²) in [6, 6.07) is 6.13. The zero-order valence-corrected chi connectivity index (χ0v) is 13.1. The number of aromatic nitrogens is 1. The van der Waals surface area contributed by atoms with Gasteiger partial charge < -0.3 is 10.1 Å². The Morgan fingerprint density at radius 1 is 1.30 bits per heavy atom. The Balaban J connectivity index is 2.62. The van der Waals surface area contributed by atoms with Gasteiger partial charge in [0, 0.05) is 23.8 Å². The summed E-state index contributed by atoms with van der Waals surface area (Å²) < 4.78 is 5.74. The number of fused-ring (bicyclic) bond motifs is 1. The molecule has 0 saturated heterocycles. The van der Waals surface area contributed by atoms with Crippen LogP contribution in [0.3, 0.4) is 0 Å². The number of nitrogens with one attached hydrogen (secondary N) is 1. The maximum atomic E-state index is 5.74. The molecule has 1 N–H and O–H groups in total. The molecular weight excluding hydrogens is 248 g/mol. The summed E-state index contributed by atoms with van der Waals surface area (Å²) in [4.78, 5) is 4.73. The van der Waals surface area contributed by atoms with E-state index in [2.05, 4.69) is 39.1 Å². The topological polar surface area (TPSA) is 34.1 Å². The lowest BCUT2D eigenvalue weighted by atomic mass is 9.96. The van der Waals surface area contributed by atoms with Crippen molar-refractivity contribution in [1.29, 1.82) is 0 Å². The Kier molecular flexibility index (Phi) is 4.48. The van der Waals surface area contributed by atoms with Crippen molar-refractivity contribution in [1.82, 2.24) is 4.98 Å². The number of anilines is 1. The third kappa shape index (κ3) is 2.72. The molecule has 0 atom stereocenters. The highest BCUT2D eigenvalue weighted by Gasteiger charge is 2.15. The lowest BCUT2D eigenvalue weighted by molar-refractivity contribution is 0.318. The molecule has 0 aliphatic rings. The Bertz CT molecular complexity index is 605. The Labute approximate surface area is 121 Å². The fourth-order valence-corrected chi connectivity index (χ4v) is 2.67. The van der Waals surface area contributed by atoms with Gasteiger partial charge in [0.25, 0.3) is 0 Å². The quantitative estimate of drug-likeness (QED) is 0.870. The third-order valence-electron chi connectivity index (χ3n) is 3.48. The molecule has 3 nitrogen and oxygen atoms in total. The van der Waals surface area contributed by atoms with Crippen molar-refractivity contribution in [2.45, 2.75) is 40.0 Å². The van der Waals surface area contributed by atoms with E-state index in [1.54, 1.807) is 0 Å². The zero-order valence-electron chi connectivity index (χ0n) is 13.1. The molecule has 1 heterocycles. The van der Waals surface area contributed by atoms with Crippen LogP contribution in [0.25, 0.3) is 10.9 Å². The Morgan fingerprint density at radius 2 is 2.05 bits per heavy atom. The minimum Gasteiger partial charge on any atom is -0.494 e. The van der Waals surface area contributed by atoms with Crippen LogP contribution in [-0.4, -0.2) is 18.6 Å². The summed E-state index contributed by atoms with van der Waals surface area (Å²) in [6.45, 7) is 9.35. The van der Waals surface area contributed by atoms with Crippen LogP contribution in [0.4, 0.5) is 5.69 Å². The average Bonchev–Trinajstić information content (AvgIpc) is 2.43. The van der Waals surface area contributed by atoms with Crippen molar-refractivity contribution < 1.29 is 4.74 Å². The second-order valence-electron chi connectivity index (χ2n) is 5.42. The number of benzene rings is 1. The van der Waals surface area contributed by atoms with Gasteiger partial charge >= 0.3 is 0 Å².